The molecule has 6 nitrogen and oxygen atoms in total. The van der Waals surface area contributed by atoms with E-state index in [1.165, 1.54) is 13.2 Å². The Kier molecular flexibility index (Phi) is 5.65. The van der Waals surface area contributed by atoms with Gasteiger partial charge in [0.05, 0.1) is 24.6 Å². The number of sulfonamides is 1. The number of carbonyl (C=O) groups excluding carboxylic acids is 1. The first kappa shape index (κ1) is 19.4. The zero-order chi connectivity index (χ0) is 20.1. The maximum Gasteiger partial charge on any atom is 0.340 e. The standard InChI is InChI=1S/C21H19NO5S/c1-26-21(23)19-14-16(10-13-20(19)22-28(2,24)25)15-8-11-18(12-9-15)27-17-6-4-3-5-7-17/h3-14,22H,1-2H3. The van der Waals surface area contributed by atoms with Crippen LogP contribution in [-0.2, 0) is 14.8 Å². The third-order valence-electron chi connectivity index (χ3n) is 3.89. The molecule has 0 aliphatic heterocycles. The van der Waals surface area contributed by atoms with Crippen LogP contribution in [-0.4, -0.2) is 27.8 Å². The Morgan fingerprint density at radius 2 is 1.46 bits per heavy atom. The number of benzene rings is 3. The molecule has 7 heteroatoms. The minimum Gasteiger partial charge on any atom is -0.465 e. The van der Waals surface area contributed by atoms with Crippen LogP contribution in [0, 0.1) is 0 Å². The Labute approximate surface area is 163 Å². The first-order valence-electron chi connectivity index (χ1n) is 8.39. The van der Waals surface area contributed by atoms with Crippen LogP contribution < -0.4 is 9.46 Å². The van der Waals surface area contributed by atoms with E-state index in [4.69, 9.17) is 9.47 Å². The summed E-state index contributed by atoms with van der Waals surface area (Å²) in [7, 11) is -2.28. The van der Waals surface area contributed by atoms with Gasteiger partial charge in [-0.3, -0.25) is 4.72 Å². The van der Waals surface area contributed by atoms with Gasteiger partial charge in [0.15, 0.2) is 0 Å². The minimum absolute atomic E-state index is 0.134. The zero-order valence-corrected chi connectivity index (χ0v) is 16.2. The van der Waals surface area contributed by atoms with Gasteiger partial charge in [-0.25, -0.2) is 13.2 Å². The molecule has 0 fully saturated rings. The van der Waals surface area contributed by atoms with Crippen molar-refractivity contribution in [3.8, 4) is 22.6 Å². The van der Waals surface area contributed by atoms with E-state index in [1.807, 2.05) is 54.6 Å². The maximum absolute atomic E-state index is 12.1. The monoisotopic (exact) mass is 397 g/mol. The molecule has 0 saturated heterocycles. The van der Waals surface area contributed by atoms with Gasteiger partial charge in [0.1, 0.15) is 11.5 Å². The summed E-state index contributed by atoms with van der Waals surface area (Å²) in [5, 5.41) is 0. The molecule has 1 N–H and O–H groups in total. The summed E-state index contributed by atoms with van der Waals surface area (Å²) < 4.78 is 35.9. The zero-order valence-electron chi connectivity index (χ0n) is 15.4. The number of nitrogens with one attached hydrogen (secondary N) is 1. The molecule has 3 aromatic carbocycles. The molecule has 3 aromatic rings. The first-order chi connectivity index (χ1) is 13.4. The number of methoxy groups -OCH3 is 1. The van der Waals surface area contributed by atoms with Crippen LogP contribution in [0.1, 0.15) is 10.4 Å². The lowest BCUT2D eigenvalue weighted by Gasteiger charge is -2.12. The van der Waals surface area contributed by atoms with Crippen LogP contribution in [0.15, 0.2) is 72.8 Å². The molecule has 0 aromatic heterocycles. The number of ether oxygens (including phenoxy) is 2. The highest BCUT2D eigenvalue weighted by molar-refractivity contribution is 7.92. The lowest BCUT2D eigenvalue weighted by atomic mass is 10.0. The van der Waals surface area contributed by atoms with E-state index < -0.39 is 16.0 Å². The topological polar surface area (TPSA) is 81.7 Å². The predicted octanol–water partition coefficient (Wildman–Crippen LogP) is 4.30. The number of anilines is 1. The molecular weight excluding hydrogens is 378 g/mol. The average molecular weight is 397 g/mol. The van der Waals surface area contributed by atoms with Gasteiger partial charge in [-0.2, -0.15) is 0 Å². The first-order valence-corrected chi connectivity index (χ1v) is 10.3. The molecule has 3 rings (SSSR count). The van der Waals surface area contributed by atoms with Crippen LogP contribution in [0.25, 0.3) is 11.1 Å². The van der Waals surface area contributed by atoms with Gasteiger partial charge in [-0.1, -0.05) is 36.4 Å². The van der Waals surface area contributed by atoms with Gasteiger partial charge in [-0.05, 0) is 47.5 Å². The Hall–Kier alpha value is -3.32. The third kappa shape index (κ3) is 4.89. The fourth-order valence-corrected chi connectivity index (χ4v) is 3.21. The van der Waals surface area contributed by atoms with Gasteiger partial charge in [0, 0.05) is 0 Å². The van der Waals surface area contributed by atoms with E-state index in [9.17, 15) is 13.2 Å². The molecule has 144 valence electrons. The van der Waals surface area contributed by atoms with Gasteiger partial charge in [-0.15, -0.1) is 0 Å². The molecule has 0 saturated carbocycles. The average Bonchev–Trinajstić information content (AvgIpc) is 2.68. The fourth-order valence-electron chi connectivity index (χ4n) is 2.63. The van der Waals surface area contributed by atoms with Crippen LogP contribution in [0.2, 0.25) is 0 Å². The number of carbonyl (C=O) groups is 1. The van der Waals surface area contributed by atoms with Crippen molar-refractivity contribution in [2.75, 3.05) is 18.1 Å². The van der Waals surface area contributed by atoms with Gasteiger partial charge < -0.3 is 9.47 Å². The molecule has 0 amide bonds. The molecule has 0 aliphatic carbocycles. The lowest BCUT2D eigenvalue weighted by Crippen LogP contribution is -2.14. The van der Waals surface area contributed by atoms with Crippen LogP contribution in [0.5, 0.6) is 11.5 Å². The van der Waals surface area contributed by atoms with Crippen LogP contribution >= 0.6 is 0 Å². The van der Waals surface area contributed by atoms with Crippen molar-refractivity contribution < 1.29 is 22.7 Å². The second kappa shape index (κ2) is 8.14. The van der Waals surface area contributed by atoms with E-state index in [0.29, 0.717) is 5.75 Å². The second-order valence-corrected chi connectivity index (χ2v) is 7.81. The maximum atomic E-state index is 12.1. The Balaban J connectivity index is 1.89. The van der Waals surface area contributed by atoms with Gasteiger partial charge in [0.25, 0.3) is 0 Å². The fraction of sp³-hybridized carbons (Fsp3) is 0.0952. The highest BCUT2D eigenvalue weighted by atomic mass is 32.2. The Bertz CT molecular complexity index is 1080. The number of esters is 1. The highest BCUT2D eigenvalue weighted by Crippen LogP contribution is 2.29. The molecule has 0 spiro atoms. The molecule has 0 heterocycles. The van der Waals surface area contributed by atoms with Crippen LogP contribution in [0.4, 0.5) is 5.69 Å². The van der Waals surface area contributed by atoms with Crippen molar-refractivity contribution in [1.29, 1.82) is 0 Å². The SMILES string of the molecule is COC(=O)c1cc(-c2ccc(Oc3ccccc3)cc2)ccc1NS(C)(=O)=O. The normalized spacial score (nSPS) is 10.9. The number of para-hydroxylation sites is 1. The lowest BCUT2D eigenvalue weighted by molar-refractivity contribution is 0.0602. The Morgan fingerprint density at radius 1 is 0.857 bits per heavy atom. The molecule has 0 radical (unpaired) electrons. The molecular formula is C21H19NO5S. The largest absolute Gasteiger partial charge is 0.465 e. The van der Waals surface area contributed by atoms with E-state index in [2.05, 4.69) is 4.72 Å². The van der Waals surface area contributed by atoms with Crippen molar-refractivity contribution in [1.82, 2.24) is 0 Å². The highest BCUT2D eigenvalue weighted by Gasteiger charge is 2.16. The summed E-state index contributed by atoms with van der Waals surface area (Å²) in [6.45, 7) is 0. The van der Waals surface area contributed by atoms with E-state index in [1.54, 1.807) is 12.1 Å². The van der Waals surface area contributed by atoms with Crippen molar-refractivity contribution in [3.63, 3.8) is 0 Å². The van der Waals surface area contributed by atoms with Gasteiger partial charge >= 0.3 is 5.97 Å². The Morgan fingerprint density at radius 3 is 2.07 bits per heavy atom. The predicted molar refractivity (Wildman–Crippen MR) is 108 cm³/mol. The van der Waals surface area contributed by atoms with Crippen molar-refractivity contribution in [2.24, 2.45) is 0 Å². The summed E-state index contributed by atoms with van der Waals surface area (Å²) >= 11 is 0. The summed E-state index contributed by atoms with van der Waals surface area (Å²) in [6.07, 6.45) is 1.02. The van der Waals surface area contributed by atoms with E-state index in [-0.39, 0.29) is 11.3 Å². The molecule has 0 unspecified atom stereocenters. The second-order valence-electron chi connectivity index (χ2n) is 6.07. The number of hydrogen-bond donors (Lipinski definition) is 1. The molecule has 0 atom stereocenters. The van der Waals surface area contributed by atoms with Crippen LogP contribution in [0.3, 0.4) is 0 Å². The summed E-state index contributed by atoms with van der Waals surface area (Å²) in [5.41, 5.74) is 1.89. The smallest absolute Gasteiger partial charge is 0.340 e. The van der Waals surface area contributed by atoms with Crippen molar-refractivity contribution >= 4 is 21.7 Å². The summed E-state index contributed by atoms with van der Waals surface area (Å²) in [6, 6.07) is 21.7. The quantitative estimate of drug-likeness (QED) is 0.627. The molecule has 28 heavy (non-hydrogen) atoms. The van der Waals surface area contributed by atoms with E-state index >= 15 is 0 Å². The summed E-state index contributed by atoms with van der Waals surface area (Å²) in [5.74, 6) is 0.787. The minimum atomic E-state index is -3.53. The number of hydrogen-bond acceptors (Lipinski definition) is 5. The molecule has 0 bridgehead atoms. The third-order valence-corrected chi connectivity index (χ3v) is 4.48. The van der Waals surface area contributed by atoms with E-state index in [0.717, 1.165) is 23.1 Å². The van der Waals surface area contributed by atoms with Gasteiger partial charge in [0.2, 0.25) is 10.0 Å². The van der Waals surface area contributed by atoms with Crippen molar-refractivity contribution in [3.05, 3.63) is 78.4 Å². The number of rotatable bonds is 6. The van der Waals surface area contributed by atoms with Crippen molar-refractivity contribution in [2.45, 2.75) is 0 Å². The molecule has 0 aliphatic rings. The summed E-state index contributed by atoms with van der Waals surface area (Å²) in [4.78, 5) is 12.1.